The number of halogens is 1. The van der Waals surface area contributed by atoms with Crippen molar-refractivity contribution in [3.05, 3.63) is 69.7 Å². The molecular formula is C18H22ClN. The van der Waals surface area contributed by atoms with Gasteiger partial charge in [0.25, 0.3) is 0 Å². The Morgan fingerprint density at radius 3 is 2.15 bits per heavy atom. The van der Waals surface area contributed by atoms with E-state index in [1.165, 1.54) is 22.3 Å². The SMILES string of the molecule is CCNC(Cc1cc(C)cc(C)c1)c1ccc(Cl)cc1. The molecule has 0 spiro atoms. The first-order valence-corrected chi connectivity index (χ1v) is 7.52. The lowest BCUT2D eigenvalue weighted by atomic mass is 9.96. The van der Waals surface area contributed by atoms with E-state index in [0.717, 1.165) is 18.0 Å². The van der Waals surface area contributed by atoms with E-state index < -0.39 is 0 Å². The van der Waals surface area contributed by atoms with E-state index in [-0.39, 0.29) is 0 Å². The molecule has 1 N–H and O–H groups in total. The second-order valence-corrected chi connectivity index (χ2v) is 5.80. The van der Waals surface area contributed by atoms with Gasteiger partial charge >= 0.3 is 0 Å². The van der Waals surface area contributed by atoms with Crippen LogP contribution in [0, 0.1) is 13.8 Å². The smallest absolute Gasteiger partial charge is 0.0406 e. The summed E-state index contributed by atoms with van der Waals surface area (Å²) in [6.07, 6.45) is 0.998. The van der Waals surface area contributed by atoms with Gasteiger partial charge in [-0.1, -0.05) is 60.0 Å². The van der Waals surface area contributed by atoms with Gasteiger partial charge in [-0.2, -0.15) is 0 Å². The lowest BCUT2D eigenvalue weighted by Gasteiger charge is -2.19. The topological polar surface area (TPSA) is 12.0 Å². The average molecular weight is 288 g/mol. The zero-order valence-electron chi connectivity index (χ0n) is 12.4. The quantitative estimate of drug-likeness (QED) is 0.829. The van der Waals surface area contributed by atoms with Gasteiger partial charge in [0.05, 0.1) is 0 Å². The maximum atomic E-state index is 5.97. The molecule has 0 saturated carbocycles. The molecular weight excluding hydrogens is 266 g/mol. The molecule has 2 heteroatoms. The summed E-state index contributed by atoms with van der Waals surface area (Å²) in [6, 6.07) is 15.2. The molecule has 0 heterocycles. The third-order valence-corrected chi connectivity index (χ3v) is 3.70. The lowest BCUT2D eigenvalue weighted by molar-refractivity contribution is 0.549. The van der Waals surface area contributed by atoms with Crippen molar-refractivity contribution >= 4 is 11.6 Å². The molecule has 0 aromatic heterocycles. The van der Waals surface area contributed by atoms with Crippen LogP contribution in [0.2, 0.25) is 5.02 Å². The Hall–Kier alpha value is -1.31. The minimum Gasteiger partial charge on any atom is -0.310 e. The second-order valence-electron chi connectivity index (χ2n) is 5.36. The number of aryl methyl sites for hydroxylation is 2. The highest BCUT2D eigenvalue weighted by Gasteiger charge is 2.11. The maximum Gasteiger partial charge on any atom is 0.0406 e. The second kappa shape index (κ2) is 6.92. The number of nitrogens with one attached hydrogen (secondary N) is 1. The molecule has 0 saturated heterocycles. The molecule has 0 aliphatic heterocycles. The number of hydrogen-bond donors (Lipinski definition) is 1. The molecule has 1 atom stereocenters. The standard InChI is InChI=1S/C18H22ClN/c1-4-20-18(16-5-7-17(19)8-6-16)12-15-10-13(2)9-14(3)11-15/h5-11,18,20H,4,12H2,1-3H3. The van der Waals surface area contributed by atoms with E-state index in [1.54, 1.807) is 0 Å². The Labute approximate surface area is 127 Å². The minimum atomic E-state index is 0.332. The highest BCUT2D eigenvalue weighted by Crippen LogP contribution is 2.21. The highest BCUT2D eigenvalue weighted by molar-refractivity contribution is 6.30. The molecule has 0 bridgehead atoms. The van der Waals surface area contributed by atoms with E-state index in [0.29, 0.717) is 6.04 Å². The molecule has 20 heavy (non-hydrogen) atoms. The van der Waals surface area contributed by atoms with Crippen LogP contribution in [-0.2, 0) is 6.42 Å². The summed E-state index contributed by atoms with van der Waals surface area (Å²) < 4.78 is 0. The third-order valence-electron chi connectivity index (χ3n) is 3.44. The predicted octanol–water partition coefficient (Wildman–Crippen LogP) is 4.85. The Morgan fingerprint density at radius 2 is 1.60 bits per heavy atom. The summed E-state index contributed by atoms with van der Waals surface area (Å²) in [5.41, 5.74) is 5.32. The molecule has 0 radical (unpaired) electrons. The molecule has 0 aliphatic carbocycles. The zero-order chi connectivity index (χ0) is 14.5. The summed E-state index contributed by atoms with van der Waals surface area (Å²) in [7, 11) is 0. The van der Waals surface area contributed by atoms with E-state index >= 15 is 0 Å². The Balaban J connectivity index is 2.22. The van der Waals surface area contributed by atoms with Crippen molar-refractivity contribution in [2.45, 2.75) is 33.2 Å². The molecule has 0 aliphatic rings. The van der Waals surface area contributed by atoms with Crippen molar-refractivity contribution < 1.29 is 0 Å². The van der Waals surface area contributed by atoms with Crippen LogP contribution in [-0.4, -0.2) is 6.54 Å². The summed E-state index contributed by atoms with van der Waals surface area (Å²) >= 11 is 5.97. The van der Waals surface area contributed by atoms with E-state index in [1.807, 2.05) is 12.1 Å². The van der Waals surface area contributed by atoms with Gasteiger partial charge in [-0.15, -0.1) is 0 Å². The number of benzene rings is 2. The van der Waals surface area contributed by atoms with Crippen molar-refractivity contribution in [3.63, 3.8) is 0 Å². The molecule has 2 aromatic rings. The third kappa shape index (κ3) is 4.09. The molecule has 1 unspecified atom stereocenters. The maximum absolute atomic E-state index is 5.97. The van der Waals surface area contributed by atoms with Crippen LogP contribution in [0.3, 0.4) is 0 Å². The molecule has 0 amide bonds. The van der Waals surface area contributed by atoms with Gasteiger partial charge in [-0.05, 0) is 50.1 Å². The first-order valence-electron chi connectivity index (χ1n) is 7.14. The fourth-order valence-corrected chi connectivity index (χ4v) is 2.80. The van der Waals surface area contributed by atoms with Crippen molar-refractivity contribution in [3.8, 4) is 0 Å². The monoisotopic (exact) mass is 287 g/mol. The van der Waals surface area contributed by atoms with Gasteiger partial charge in [0.15, 0.2) is 0 Å². The predicted molar refractivity (Wildman–Crippen MR) is 87.5 cm³/mol. The van der Waals surface area contributed by atoms with Crippen molar-refractivity contribution in [1.29, 1.82) is 0 Å². The Bertz CT molecular complexity index is 540. The Morgan fingerprint density at radius 1 is 1.00 bits per heavy atom. The average Bonchev–Trinajstić information content (AvgIpc) is 2.38. The molecule has 2 aromatic carbocycles. The normalized spacial score (nSPS) is 12.4. The van der Waals surface area contributed by atoms with Crippen LogP contribution in [0.4, 0.5) is 0 Å². The number of rotatable bonds is 5. The van der Waals surface area contributed by atoms with Crippen LogP contribution >= 0.6 is 11.6 Å². The van der Waals surface area contributed by atoms with Crippen LogP contribution in [0.15, 0.2) is 42.5 Å². The van der Waals surface area contributed by atoms with Crippen LogP contribution in [0.25, 0.3) is 0 Å². The largest absolute Gasteiger partial charge is 0.310 e. The van der Waals surface area contributed by atoms with Gasteiger partial charge in [0.2, 0.25) is 0 Å². The number of likely N-dealkylation sites (N-methyl/N-ethyl adjacent to an activating group) is 1. The summed E-state index contributed by atoms with van der Waals surface area (Å²) in [5, 5.41) is 4.35. The van der Waals surface area contributed by atoms with Crippen molar-refractivity contribution in [2.24, 2.45) is 0 Å². The number of hydrogen-bond acceptors (Lipinski definition) is 1. The molecule has 1 nitrogen and oxygen atoms in total. The van der Waals surface area contributed by atoms with E-state index in [2.05, 4.69) is 56.4 Å². The van der Waals surface area contributed by atoms with Gasteiger partial charge in [-0.25, -0.2) is 0 Å². The van der Waals surface area contributed by atoms with Gasteiger partial charge < -0.3 is 5.32 Å². The first-order chi connectivity index (χ1) is 9.58. The van der Waals surface area contributed by atoms with Crippen LogP contribution in [0.1, 0.15) is 35.2 Å². The van der Waals surface area contributed by atoms with Gasteiger partial charge in [-0.3, -0.25) is 0 Å². The van der Waals surface area contributed by atoms with Crippen molar-refractivity contribution in [1.82, 2.24) is 5.32 Å². The van der Waals surface area contributed by atoms with E-state index in [9.17, 15) is 0 Å². The molecule has 106 valence electrons. The Kier molecular flexibility index (Phi) is 5.22. The molecule has 2 rings (SSSR count). The highest BCUT2D eigenvalue weighted by atomic mass is 35.5. The fourth-order valence-electron chi connectivity index (χ4n) is 2.67. The zero-order valence-corrected chi connectivity index (χ0v) is 13.2. The minimum absolute atomic E-state index is 0.332. The van der Waals surface area contributed by atoms with Crippen LogP contribution < -0.4 is 5.32 Å². The first kappa shape index (κ1) is 15.1. The summed E-state index contributed by atoms with van der Waals surface area (Å²) in [5.74, 6) is 0. The lowest BCUT2D eigenvalue weighted by Crippen LogP contribution is -2.23. The van der Waals surface area contributed by atoms with E-state index in [4.69, 9.17) is 11.6 Å². The summed E-state index contributed by atoms with van der Waals surface area (Å²) in [6.45, 7) is 7.41. The van der Waals surface area contributed by atoms with Crippen molar-refractivity contribution in [2.75, 3.05) is 6.54 Å². The summed E-state index contributed by atoms with van der Waals surface area (Å²) in [4.78, 5) is 0. The molecule has 0 fully saturated rings. The van der Waals surface area contributed by atoms with Gasteiger partial charge in [0, 0.05) is 11.1 Å². The fraction of sp³-hybridized carbons (Fsp3) is 0.333. The van der Waals surface area contributed by atoms with Crippen LogP contribution in [0.5, 0.6) is 0 Å². The van der Waals surface area contributed by atoms with Gasteiger partial charge in [0.1, 0.15) is 0 Å².